The van der Waals surface area contributed by atoms with E-state index in [-0.39, 0.29) is 17.2 Å². The van der Waals surface area contributed by atoms with Crippen molar-refractivity contribution in [2.24, 2.45) is 0 Å². The van der Waals surface area contributed by atoms with Gasteiger partial charge in [-0.3, -0.25) is 0 Å². The molecule has 9 heteroatoms. The van der Waals surface area contributed by atoms with E-state index in [2.05, 4.69) is 22.6 Å². The van der Waals surface area contributed by atoms with Crippen LogP contribution in [-0.2, 0) is 0 Å². The summed E-state index contributed by atoms with van der Waals surface area (Å²) >= 11 is 7.77. The second-order valence-corrected chi connectivity index (χ2v) is 8.27. The number of aryl methyl sites for hydroxylation is 1. The molecule has 31 heavy (non-hydrogen) atoms. The molecule has 0 atom stereocenters. The Morgan fingerprint density at radius 1 is 1.06 bits per heavy atom. The van der Waals surface area contributed by atoms with Crippen molar-refractivity contribution in [2.45, 2.75) is 20.3 Å². The molecular formula is C22H19ClF2INO4. The summed E-state index contributed by atoms with van der Waals surface area (Å²) in [6, 6.07) is 10.6. The number of nitrogens with zero attached hydrogens (tertiary/aromatic N) is 1. The lowest BCUT2D eigenvalue weighted by atomic mass is 10.1. The van der Waals surface area contributed by atoms with Crippen LogP contribution in [0.15, 0.2) is 42.5 Å². The summed E-state index contributed by atoms with van der Waals surface area (Å²) in [6.45, 7) is 4.03. The summed E-state index contributed by atoms with van der Waals surface area (Å²) in [5.41, 5.74) is 0.375. The van der Waals surface area contributed by atoms with E-state index < -0.39 is 28.1 Å². The van der Waals surface area contributed by atoms with E-state index in [4.69, 9.17) is 21.2 Å². The summed E-state index contributed by atoms with van der Waals surface area (Å²) in [6.07, 6.45) is 0.724. The van der Waals surface area contributed by atoms with Crippen LogP contribution in [0, 0.1) is 22.1 Å². The van der Waals surface area contributed by atoms with E-state index in [0.717, 1.165) is 21.1 Å². The number of phenols is 2. The molecule has 0 heterocycles. The van der Waals surface area contributed by atoms with E-state index in [9.17, 15) is 19.0 Å². The second-order valence-electron chi connectivity index (χ2n) is 6.62. The van der Waals surface area contributed by atoms with Crippen LogP contribution in [0.3, 0.4) is 0 Å². The van der Waals surface area contributed by atoms with Crippen molar-refractivity contribution in [2.75, 3.05) is 11.7 Å². The molecule has 0 aliphatic heterocycles. The van der Waals surface area contributed by atoms with Crippen LogP contribution in [0.1, 0.15) is 18.9 Å². The van der Waals surface area contributed by atoms with Crippen LogP contribution in [0.5, 0.6) is 23.0 Å². The Labute approximate surface area is 196 Å². The predicted molar refractivity (Wildman–Crippen MR) is 124 cm³/mol. The Morgan fingerprint density at radius 3 is 2.45 bits per heavy atom. The molecule has 0 spiro atoms. The first-order valence-electron chi connectivity index (χ1n) is 9.30. The molecule has 164 valence electrons. The molecule has 0 saturated carbocycles. The summed E-state index contributed by atoms with van der Waals surface area (Å²) in [4.78, 5) is 5.81. The van der Waals surface area contributed by atoms with Gasteiger partial charge < -0.3 is 19.8 Å². The third-order valence-electron chi connectivity index (χ3n) is 4.31. The molecule has 0 amide bonds. The number of hydrogen-bond acceptors (Lipinski definition) is 5. The van der Waals surface area contributed by atoms with Gasteiger partial charge in [-0.25, -0.2) is 8.78 Å². The molecule has 0 aliphatic carbocycles. The minimum atomic E-state index is -1.40. The molecule has 3 aromatic rings. The largest absolute Gasteiger partial charge is 0.505 e. The van der Waals surface area contributed by atoms with Crippen LogP contribution in [0.4, 0.5) is 20.2 Å². The van der Waals surface area contributed by atoms with Gasteiger partial charge in [0.05, 0.1) is 17.3 Å². The number of halogens is 4. The molecular weight excluding hydrogens is 543 g/mol. The molecule has 3 rings (SSSR count). The zero-order valence-corrected chi connectivity index (χ0v) is 19.5. The minimum absolute atomic E-state index is 0.0827. The van der Waals surface area contributed by atoms with Crippen LogP contribution >= 0.6 is 34.2 Å². The highest BCUT2D eigenvalue weighted by atomic mass is 127. The predicted octanol–water partition coefficient (Wildman–Crippen LogP) is 6.86. The number of anilines is 2. The fraction of sp³-hybridized carbons (Fsp3) is 0.182. The highest BCUT2D eigenvalue weighted by Crippen LogP contribution is 2.44. The monoisotopic (exact) mass is 561 g/mol. The molecule has 0 radical (unpaired) electrons. The van der Waals surface area contributed by atoms with Gasteiger partial charge in [-0.2, -0.15) is 5.06 Å². The standard InChI is InChI=1S/C22H19ClF2INO4/c1-3-9-30-17-5-4-6-18(22(17)29)31-27(15-8-7-13(26)10-12(15)2)21-16(28)11-14(23)19(24)20(21)25/h4-8,10-11,28-29H,3,9H2,1-2H3. The molecule has 3 aromatic carbocycles. The average Bonchev–Trinajstić information content (AvgIpc) is 2.72. The highest BCUT2D eigenvalue weighted by molar-refractivity contribution is 14.1. The van der Waals surface area contributed by atoms with E-state index in [1.54, 1.807) is 37.3 Å². The summed E-state index contributed by atoms with van der Waals surface area (Å²) in [7, 11) is 0. The number of hydrogen-bond donors (Lipinski definition) is 2. The van der Waals surface area contributed by atoms with Gasteiger partial charge in [0.2, 0.25) is 11.5 Å². The van der Waals surface area contributed by atoms with Crippen molar-refractivity contribution in [3.63, 3.8) is 0 Å². The summed E-state index contributed by atoms with van der Waals surface area (Å²) < 4.78 is 35.5. The summed E-state index contributed by atoms with van der Waals surface area (Å²) in [5.74, 6) is -3.61. The lowest BCUT2D eigenvalue weighted by Gasteiger charge is -2.27. The Hall–Kier alpha value is -2.46. The maximum atomic E-state index is 14.9. The third kappa shape index (κ3) is 4.90. The number of para-hydroxylation sites is 1. The first-order valence-corrected chi connectivity index (χ1v) is 10.8. The zero-order valence-electron chi connectivity index (χ0n) is 16.6. The normalized spacial score (nSPS) is 10.8. The Balaban J connectivity index is 2.17. The Bertz CT molecular complexity index is 1110. The maximum absolute atomic E-state index is 14.9. The van der Waals surface area contributed by atoms with E-state index in [1.807, 2.05) is 6.92 Å². The molecule has 0 aliphatic rings. The molecule has 2 N–H and O–H groups in total. The summed E-state index contributed by atoms with van der Waals surface area (Å²) in [5, 5.41) is 21.3. The van der Waals surface area contributed by atoms with Gasteiger partial charge in [0.1, 0.15) is 5.75 Å². The maximum Gasteiger partial charge on any atom is 0.204 e. The number of rotatable bonds is 7. The Morgan fingerprint density at radius 2 is 1.77 bits per heavy atom. The topological polar surface area (TPSA) is 62.2 Å². The number of benzene rings is 3. The molecule has 0 saturated heterocycles. The van der Waals surface area contributed by atoms with Crippen molar-refractivity contribution in [3.8, 4) is 23.0 Å². The Kier molecular flexibility index (Phi) is 7.32. The highest BCUT2D eigenvalue weighted by Gasteiger charge is 2.28. The quantitative estimate of drug-likeness (QED) is 0.187. The van der Waals surface area contributed by atoms with Crippen molar-refractivity contribution >= 4 is 45.6 Å². The van der Waals surface area contributed by atoms with Crippen LogP contribution < -0.4 is 14.6 Å². The smallest absolute Gasteiger partial charge is 0.204 e. The SMILES string of the molecule is CCCOc1cccc(ON(c2ccc(I)cc2C)c2c(O)cc(Cl)c(F)c2F)c1O. The van der Waals surface area contributed by atoms with Gasteiger partial charge in [-0.15, -0.1) is 0 Å². The fourth-order valence-corrected chi connectivity index (χ4v) is 3.66. The third-order valence-corrected chi connectivity index (χ3v) is 5.26. The van der Waals surface area contributed by atoms with Gasteiger partial charge in [0.25, 0.3) is 0 Å². The van der Waals surface area contributed by atoms with E-state index in [1.165, 1.54) is 6.07 Å². The average molecular weight is 562 g/mol. The van der Waals surface area contributed by atoms with Gasteiger partial charge in [-0.1, -0.05) is 24.6 Å². The number of aromatic hydroxyl groups is 2. The number of phenolic OH excluding ortho intramolecular Hbond substituents is 2. The van der Waals surface area contributed by atoms with Crippen molar-refractivity contribution in [3.05, 3.63) is 68.3 Å². The molecule has 0 unspecified atom stereocenters. The van der Waals surface area contributed by atoms with Crippen LogP contribution in [-0.4, -0.2) is 16.8 Å². The molecule has 0 bridgehead atoms. The molecule has 0 aromatic heterocycles. The lowest BCUT2D eigenvalue weighted by molar-refractivity contribution is 0.271. The lowest BCUT2D eigenvalue weighted by Crippen LogP contribution is -2.24. The van der Waals surface area contributed by atoms with Gasteiger partial charge in [0, 0.05) is 9.64 Å². The van der Waals surface area contributed by atoms with Crippen molar-refractivity contribution < 1.29 is 28.6 Å². The first-order chi connectivity index (χ1) is 14.7. The number of ether oxygens (including phenoxy) is 1. The zero-order chi connectivity index (χ0) is 22.7. The van der Waals surface area contributed by atoms with Gasteiger partial charge >= 0.3 is 0 Å². The van der Waals surface area contributed by atoms with Crippen LogP contribution in [0.25, 0.3) is 0 Å². The minimum Gasteiger partial charge on any atom is -0.505 e. The molecule has 0 fully saturated rings. The second kappa shape index (κ2) is 9.78. The van der Waals surface area contributed by atoms with Crippen LogP contribution in [0.2, 0.25) is 5.02 Å². The van der Waals surface area contributed by atoms with Gasteiger partial charge in [0.15, 0.2) is 23.1 Å². The van der Waals surface area contributed by atoms with Gasteiger partial charge in [-0.05, 0) is 71.8 Å². The fourth-order valence-electron chi connectivity index (χ4n) is 2.83. The van der Waals surface area contributed by atoms with E-state index in [0.29, 0.717) is 17.9 Å². The van der Waals surface area contributed by atoms with E-state index >= 15 is 0 Å². The van der Waals surface area contributed by atoms with Crippen molar-refractivity contribution in [1.29, 1.82) is 0 Å². The first kappa shape index (κ1) is 23.2. The molecule has 5 nitrogen and oxygen atoms in total. The van der Waals surface area contributed by atoms with Crippen molar-refractivity contribution in [1.82, 2.24) is 0 Å².